The van der Waals surface area contributed by atoms with E-state index in [9.17, 15) is 4.79 Å². The topological polar surface area (TPSA) is 49.3 Å². The second kappa shape index (κ2) is 3.99. The van der Waals surface area contributed by atoms with E-state index >= 15 is 0 Å². The molecule has 0 unspecified atom stereocenters. The van der Waals surface area contributed by atoms with E-state index in [4.69, 9.17) is 11.5 Å². The predicted octanol–water partition coefficient (Wildman–Crippen LogP) is -0.103. The summed E-state index contributed by atoms with van der Waals surface area (Å²) in [6.45, 7) is 3.35. The van der Waals surface area contributed by atoms with Gasteiger partial charge in [0, 0.05) is 0 Å². The average Bonchev–Trinajstić information content (AvgIpc) is 1.87. The van der Waals surface area contributed by atoms with E-state index in [-0.39, 0.29) is 18.9 Å². The molecule has 0 bridgehead atoms. The number of carbonyl (C=O) groups is 1. The Bertz CT molecular complexity index is 179. The standard InChI is InChI=1S/C8H13NO2/c1-4-5-7(11)9-8(2,3)6-10/h1,10H,5-6H2,2-3H3,(H,9,11). The monoisotopic (exact) mass is 155 g/mol. The summed E-state index contributed by atoms with van der Waals surface area (Å²) < 4.78 is 0. The van der Waals surface area contributed by atoms with Gasteiger partial charge in [-0.25, -0.2) is 0 Å². The molecule has 3 heteroatoms. The van der Waals surface area contributed by atoms with Gasteiger partial charge < -0.3 is 10.4 Å². The third kappa shape index (κ3) is 4.40. The van der Waals surface area contributed by atoms with Gasteiger partial charge in [-0.05, 0) is 13.8 Å². The van der Waals surface area contributed by atoms with Crippen molar-refractivity contribution in [3.05, 3.63) is 0 Å². The van der Waals surface area contributed by atoms with E-state index in [1.165, 1.54) is 0 Å². The van der Waals surface area contributed by atoms with Crippen LogP contribution >= 0.6 is 0 Å². The minimum Gasteiger partial charge on any atom is -0.394 e. The van der Waals surface area contributed by atoms with Gasteiger partial charge in [0.1, 0.15) is 0 Å². The van der Waals surface area contributed by atoms with Crippen LogP contribution in [0.4, 0.5) is 0 Å². The fraction of sp³-hybridized carbons (Fsp3) is 0.625. The van der Waals surface area contributed by atoms with Crippen LogP contribution in [0.5, 0.6) is 0 Å². The maximum absolute atomic E-state index is 10.9. The highest BCUT2D eigenvalue weighted by Gasteiger charge is 2.17. The number of aliphatic hydroxyl groups is 1. The minimum absolute atomic E-state index is 0.0590. The quantitative estimate of drug-likeness (QED) is 0.559. The summed E-state index contributed by atoms with van der Waals surface area (Å²) >= 11 is 0. The normalized spacial score (nSPS) is 10.4. The lowest BCUT2D eigenvalue weighted by atomic mass is 10.1. The maximum atomic E-state index is 10.9. The molecule has 0 aromatic heterocycles. The Hall–Kier alpha value is -1.01. The van der Waals surface area contributed by atoms with E-state index in [0.717, 1.165) is 0 Å². The largest absolute Gasteiger partial charge is 0.394 e. The van der Waals surface area contributed by atoms with Crippen molar-refractivity contribution in [3.63, 3.8) is 0 Å². The number of aliphatic hydroxyl groups excluding tert-OH is 1. The van der Waals surface area contributed by atoms with Crippen molar-refractivity contribution in [2.45, 2.75) is 25.8 Å². The summed E-state index contributed by atoms with van der Waals surface area (Å²) in [5, 5.41) is 11.3. The highest BCUT2D eigenvalue weighted by Crippen LogP contribution is 1.99. The zero-order chi connectivity index (χ0) is 8.91. The molecule has 62 valence electrons. The lowest BCUT2D eigenvalue weighted by Crippen LogP contribution is -2.46. The Kier molecular flexibility index (Phi) is 3.63. The lowest BCUT2D eigenvalue weighted by Gasteiger charge is -2.22. The molecule has 11 heavy (non-hydrogen) atoms. The van der Waals surface area contributed by atoms with Gasteiger partial charge in [0.25, 0.3) is 0 Å². The van der Waals surface area contributed by atoms with Crippen molar-refractivity contribution < 1.29 is 9.90 Å². The van der Waals surface area contributed by atoms with Crippen LogP contribution in [0.2, 0.25) is 0 Å². The highest BCUT2D eigenvalue weighted by molar-refractivity contribution is 5.79. The summed E-state index contributed by atoms with van der Waals surface area (Å²) in [5.74, 6) is 1.99. The van der Waals surface area contributed by atoms with Crippen LogP contribution in [-0.2, 0) is 4.79 Å². The van der Waals surface area contributed by atoms with Gasteiger partial charge in [0.15, 0.2) is 0 Å². The number of amides is 1. The molecule has 0 rings (SSSR count). The summed E-state index contributed by atoms with van der Waals surface area (Å²) in [4.78, 5) is 10.9. The van der Waals surface area contributed by atoms with Gasteiger partial charge >= 0.3 is 0 Å². The SMILES string of the molecule is C#CCC(=O)NC(C)(C)CO. The van der Waals surface area contributed by atoms with Crippen molar-refractivity contribution in [3.8, 4) is 12.3 Å². The number of hydrogen-bond donors (Lipinski definition) is 2. The summed E-state index contributed by atoms with van der Waals surface area (Å²) in [7, 11) is 0. The highest BCUT2D eigenvalue weighted by atomic mass is 16.3. The molecule has 0 aliphatic rings. The average molecular weight is 155 g/mol. The molecule has 0 aliphatic carbocycles. The zero-order valence-electron chi connectivity index (χ0n) is 6.85. The van der Waals surface area contributed by atoms with Gasteiger partial charge in [0.05, 0.1) is 18.6 Å². The summed E-state index contributed by atoms with van der Waals surface area (Å²) in [5.41, 5.74) is -0.575. The number of rotatable bonds is 3. The van der Waals surface area contributed by atoms with Crippen LogP contribution in [0.3, 0.4) is 0 Å². The van der Waals surface area contributed by atoms with E-state index in [2.05, 4.69) is 11.2 Å². The lowest BCUT2D eigenvalue weighted by molar-refractivity contribution is -0.122. The molecule has 3 nitrogen and oxygen atoms in total. The second-order valence-electron chi connectivity index (χ2n) is 2.97. The molecule has 0 aromatic carbocycles. The fourth-order valence-corrected chi connectivity index (χ4v) is 0.554. The molecule has 0 aromatic rings. The Labute approximate surface area is 66.8 Å². The molecular formula is C8H13NO2. The first-order chi connectivity index (χ1) is 5.02. The maximum Gasteiger partial charge on any atom is 0.232 e. The van der Waals surface area contributed by atoms with Crippen LogP contribution in [0.1, 0.15) is 20.3 Å². The van der Waals surface area contributed by atoms with Gasteiger partial charge in [-0.15, -0.1) is 6.42 Å². The summed E-state index contributed by atoms with van der Waals surface area (Å²) in [6, 6.07) is 0. The van der Waals surface area contributed by atoms with Crippen molar-refractivity contribution in [1.29, 1.82) is 0 Å². The Morgan fingerprint density at radius 1 is 1.73 bits per heavy atom. The molecule has 0 heterocycles. The van der Waals surface area contributed by atoms with Crippen LogP contribution in [0.25, 0.3) is 0 Å². The van der Waals surface area contributed by atoms with Gasteiger partial charge in [-0.1, -0.05) is 5.92 Å². The van der Waals surface area contributed by atoms with Crippen LogP contribution in [0.15, 0.2) is 0 Å². The Morgan fingerprint density at radius 3 is 2.64 bits per heavy atom. The molecule has 1 amide bonds. The zero-order valence-corrected chi connectivity index (χ0v) is 6.85. The van der Waals surface area contributed by atoms with Gasteiger partial charge in [-0.3, -0.25) is 4.79 Å². The summed E-state index contributed by atoms with van der Waals surface area (Å²) in [6.07, 6.45) is 4.98. The first kappa shape index (κ1) is 9.99. The van der Waals surface area contributed by atoms with E-state index in [1.807, 2.05) is 0 Å². The van der Waals surface area contributed by atoms with E-state index < -0.39 is 5.54 Å². The van der Waals surface area contributed by atoms with Crippen LogP contribution < -0.4 is 5.32 Å². The van der Waals surface area contributed by atoms with Crippen molar-refractivity contribution in [2.75, 3.05) is 6.61 Å². The van der Waals surface area contributed by atoms with Gasteiger partial charge in [0.2, 0.25) is 5.91 Å². The Morgan fingerprint density at radius 2 is 2.27 bits per heavy atom. The smallest absolute Gasteiger partial charge is 0.232 e. The van der Waals surface area contributed by atoms with E-state index in [0.29, 0.717) is 0 Å². The number of hydrogen-bond acceptors (Lipinski definition) is 2. The number of carbonyl (C=O) groups excluding carboxylic acids is 1. The van der Waals surface area contributed by atoms with Gasteiger partial charge in [-0.2, -0.15) is 0 Å². The minimum atomic E-state index is -0.575. The predicted molar refractivity (Wildman–Crippen MR) is 42.8 cm³/mol. The molecule has 0 radical (unpaired) electrons. The molecule has 0 fully saturated rings. The molecular weight excluding hydrogens is 142 g/mol. The molecule has 0 saturated heterocycles. The fourth-order valence-electron chi connectivity index (χ4n) is 0.554. The molecule has 0 atom stereocenters. The molecule has 0 saturated carbocycles. The van der Waals surface area contributed by atoms with Crippen molar-refractivity contribution in [1.82, 2.24) is 5.32 Å². The van der Waals surface area contributed by atoms with Crippen LogP contribution in [-0.4, -0.2) is 23.2 Å². The van der Waals surface area contributed by atoms with Crippen LogP contribution in [0, 0.1) is 12.3 Å². The Balaban J connectivity index is 3.86. The molecule has 0 aliphatic heterocycles. The van der Waals surface area contributed by atoms with E-state index in [1.54, 1.807) is 13.8 Å². The molecule has 2 N–H and O–H groups in total. The third-order valence-corrected chi connectivity index (χ3v) is 1.14. The number of terminal acetylenes is 1. The van der Waals surface area contributed by atoms with Crippen molar-refractivity contribution in [2.24, 2.45) is 0 Å². The first-order valence-electron chi connectivity index (χ1n) is 3.37. The number of nitrogens with one attached hydrogen (secondary N) is 1. The second-order valence-corrected chi connectivity index (χ2v) is 2.97. The van der Waals surface area contributed by atoms with Crippen molar-refractivity contribution >= 4 is 5.91 Å². The molecule has 0 spiro atoms. The first-order valence-corrected chi connectivity index (χ1v) is 3.37. The third-order valence-electron chi connectivity index (χ3n) is 1.14.